The molecule has 1 aliphatic rings. The molecule has 2 rings (SSSR count). The number of aromatic carboxylic acids is 1. The van der Waals surface area contributed by atoms with Crippen LogP contribution in [0.15, 0.2) is 18.2 Å². The Labute approximate surface area is 124 Å². The van der Waals surface area contributed by atoms with E-state index in [1.165, 1.54) is 0 Å². The van der Waals surface area contributed by atoms with Gasteiger partial charge in [-0.1, -0.05) is 17.7 Å². The van der Waals surface area contributed by atoms with Crippen LogP contribution in [0, 0.1) is 0 Å². The molecule has 0 amide bonds. The van der Waals surface area contributed by atoms with Gasteiger partial charge in [0, 0.05) is 19.7 Å². The number of carboxylic acids is 1. The average Bonchev–Trinajstić information content (AvgIpc) is 2.39. The first-order valence-corrected chi connectivity index (χ1v) is 7.33. The van der Waals surface area contributed by atoms with E-state index in [-0.39, 0.29) is 5.56 Å². The van der Waals surface area contributed by atoms with E-state index >= 15 is 0 Å². The summed E-state index contributed by atoms with van der Waals surface area (Å²) in [4.78, 5) is 13.3. The molecule has 1 atom stereocenters. The number of hydrogen-bond acceptors (Lipinski definition) is 3. The maximum absolute atomic E-state index is 10.9. The van der Waals surface area contributed by atoms with E-state index in [9.17, 15) is 4.79 Å². The maximum atomic E-state index is 10.9. The monoisotopic (exact) mass is 297 g/mol. The molecule has 4 nitrogen and oxygen atoms in total. The molecular formula is C15H20ClNO3. The Bertz CT molecular complexity index is 476. The van der Waals surface area contributed by atoms with Crippen LogP contribution in [0.3, 0.4) is 0 Å². The van der Waals surface area contributed by atoms with Crippen LogP contribution in [0.2, 0.25) is 5.02 Å². The normalized spacial score (nSPS) is 20.0. The highest BCUT2D eigenvalue weighted by molar-refractivity contribution is 6.33. The van der Waals surface area contributed by atoms with E-state index in [1.54, 1.807) is 12.1 Å². The highest BCUT2D eigenvalue weighted by Crippen LogP contribution is 2.21. The third-order valence-electron chi connectivity index (χ3n) is 3.53. The Kier molecular flexibility index (Phi) is 5.40. The fourth-order valence-corrected chi connectivity index (χ4v) is 2.90. The molecule has 1 saturated heterocycles. The van der Waals surface area contributed by atoms with Crippen molar-refractivity contribution in [2.24, 2.45) is 0 Å². The number of carboxylic acid groups (broad SMARTS) is 1. The molecule has 20 heavy (non-hydrogen) atoms. The smallest absolute Gasteiger partial charge is 0.337 e. The molecule has 1 aromatic rings. The molecule has 0 aliphatic carbocycles. The minimum atomic E-state index is -0.990. The fourth-order valence-electron chi connectivity index (χ4n) is 2.62. The summed E-state index contributed by atoms with van der Waals surface area (Å²) in [6, 6.07) is 5.15. The summed E-state index contributed by atoms with van der Waals surface area (Å²) in [6.07, 6.45) is 2.55. The van der Waals surface area contributed by atoms with Crippen LogP contribution in [-0.2, 0) is 11.3 Å². The molecule has 1 unspecified atom stereocenters. The first-order valence-electron chi connectivity index (χ1n) is 6.95. The largest absolute Gasteiger partial charge is 0.478 e. The van der Waals surface area contributed by atoms with Gasteiger partial charge in [-0.3, -0.25) is 4.90 Å². The number of nitrogens with zero attached hydrogens (tertiary/aromatic N) is 1. The summed E-state index contributed by atoms with van der Waals surface area (Å²) in [7, 11) is 0. The minimum absolute atomic E-state index is 0.154. The summed E-state index contributed by atoms with van der Waals surface area (Å²) in [6.45, 7) is 5.51. The van der Waals surface area contributed by atoms with Crippen LogP contribution in [0.1, 0.15) is 35.7 Å². The molecule has 0 bridgehead atoms. The number of rotatable bonds is 5. The highest BCUT2D eigenvalue weighted by atomic mass is 35.5. The van der Waals surface area contributed by atoms with Gasteiger partial charge in [0.05, 0.1) is 16.7 Å². The van der Waals surface area contributed by atoms with Gasteiger partial charge in [-0.25, -0.2) is 4.79 Å². The number of piperidine rings is 1. The van der Waals surface area contributed by atoms with Crippen molar-refractivity contribution in [2.75, 3.05) is 19.7 Å². The molecule has 0 spiro atoms. The molecule has 1 fully saturated rings. The van der Waals surface area contributed by atoms with Crippen molar-refractivity contribution < 1.29 is 14.6 Å². The minimum Gasteiger partial charge on any atom is -0.478 e. The molecule has 5 heteroatoms. The van der Waals surface area contributed by atoms with Crippen molar-refractivity contribution in [1.29, 1.82) is 0 Å². The van der Waals surface area contributed by atoms with Crippen LogP contribution in [0.5, 0.6) is 0 Å². The topological polar surface area (TPSA) is 49.8 Å². The van der Waals surface area contributed by atoms with Crippen molar-refractivity contribution in [1.82, 2.24) is 4.90 Å². The Morgan fingerprint density at radius 1 is 1.55 bits per heavy atom. The van der Waals surface area contributed by atoms with Crippen molar-refractivity contribution in [2.45, 2.75) is 32.4 Å². The van der Waals surface area contributed by atoms with Gasteiger partial charge in [0.25, 0.3) is 0 Å². The zero-order chi connectivity index (χ0) is 14.5. The van der Waals surface area contributed by atoms with E-state index in [4.69, 9.17) is 21.4 Å². The standard InChI is InChI=1S/C15H20ClNO3/c1-2-20-12-4-3-7-17(10-12)9-11-5-6-13(15(18)19)14(16)8-11/h5-6,8,12H,2-4,7,9-10H2,1H3,(H,18,19). The van der Waals surface area contributed by atoms with Crippen LogP contribution in [-0.4, -0.2) is 41.8 Å². The third-order valence-corrected chi connectivity index (χ3v) is 3.85. The predicted molar refractivity (Wildman–Crippen MR) is 78.3 cm³/mol. The molecule has 0 radical (unpaired) electrons. The van der Waals surface area contributed by atoms with Gasteiger partial charge >= 0.3 is 5.97 Å². The number of halogens is 1. The van der Waals surface area contributed by atoms with Gasteiger partial charge in [0.2, 0.25) is 0 Å². The molecule has 0 saturated carbocycles. The number of carbonyl (C=O) groups is 1. The fraction of sp³-hybridized carbons (Fsp3) is 0.533. The first-order chi connectivity index (χ1) is 9.60. The molecule has 110 valence electrons. The molecule has 1 aromatic carbocycles. The van der Waals surface area contributed by atoms with Crippen molar-refractivity contribution in [3.8, 4) is 0 Å². The Hall–Kier alpha value is -1.10. The lowest BCUT2D eigenvalue weighted by molar-refractivity contribution is 0.00363. The summed E-state index contributed by atoms with van der Waals surface area (Å²) >= 11 is 6.00. The van der Waals surface area contributed by atoms with Gasteiger partial charge in [0.15, 0.2) is 0 Å². The van der Waals surface area contributed by atoms with Gasteiger partial charge in [-0.05, 0) is 44.0 Å². The second kappa shape index (κ2) is 7.07. The molecule has 1 heterocycles. The van der Waals surface area contributed by atoms with E-state index in [0.717, 1.165) is 44.6 Å². The van der Waals surface area contributed by atoms with Gasteiger partial charge < -0.3 is 9.84 Å². The zero-order valence-corrected chi connectivity index (χ0v) is 12.4. The van der Waals surface area contributed by atoms with Crippen LogP contribution < -0.4 is 0 Å². The Morgan fingerprint density at radius 2 is 2.35 bits per heavy atom. The average molecular weight is 298 g/mol. The lowest BCUT2D eigenvalue weighted by atomic mass is 10.1. The summed E-state index contributed by atoms with van der Waals surface area (Å²) in [5, 5.41) is 9.26. The van der Waals surface area contributed by atoms with E-state index < -0.39 is 5.97 Å². The van der Waals surface area contributed by atoms with Crippen LogP contribution in [0.25, 0.3) is 0 Å². The van der Waals surface area contributed by atoms with Crippen LogP contribution >= 0.6 is 11.6 Å². The van der Waals surface area contributed by atoms with Crippen molar-refractivity contribution >= 4 is 17.6 Å². The number of ether oxygens (including phenoxy) is 1. The molecule has 1 aliphatic heterocycles. The van der Waals surface area contributed by atoms with Gasteiger partial charge in [0.1, 0.15) is 0 Å². The Balaban J connectivity index is 1.99. The van der Waals surface area contributed by atoms with Crippen LogP contribution in [0.4, 0.5) is 0 Å². The highest BCUT2D eigenvalue weighted by Gasteiger charge is 2.20. The number of likely N-dealkylation sites (tertiary alicyclic amines) is 1. The Morgan fingerprint density at radius 3 is 3.00 bits per heavy atom. The van der Waals surface area contributed by atoms with E-state index in [0.29, 0.717) is 11.1 Å². The SMILES string of the molecule is CCOC1CCCN(Cc2ccc(C(=O)O)c(Cl)c2)C1. The predicted octanol–water partition coefficient (Wildman–Crippen LogP) is 3.04. The lowest BCUT2D eigenvalue weighted by Crippen LogP contribution is -2.39. The van der Waals surface area contributed by atoms with Gasteiger partial charge in [-0.15, -0.1) is 0 Å². The molecule has 1 N–H and O–H groups in total. The number of hydrogen-bond donors (Lipinski definition) is 1. The van der Waals surface area contributed by atoms with Crippen molar-refractivity contribution in [3.05, 3.63) is 34.3 Å². The quantitative estimate of drug-likeness (QED) is 0.907. The third kappa shape index (κ3) is 3.95. The second-order valence-electron chi connectivity index (χ2n) is 5.07. The zero-order valence-electron chi connectivity index (χ0n) is 11.6. The first kappa shape index (κ1) is 15.3. The molecular weight excluding hydrogens is 278 g/mol. The second-order valence-corrected chi connectivity index (χ2v) is 5.48. The summed E-state index contributed by atoms with van der Waals surface area (Å²) in [5.41, 5.74) is 1.19. The van der Waals surface area contributed by atoms with E-state index in [2.05, 4.69) is 4.90 Å². The van der Waals surface area contributed by atoms with Crippen molar-refractivity contribution in [3.63, 3.8) is 0 Å². The number of benzene rings is 1. The van der Waals surface area contributed by atoms with E-state index in [1.807, 2.05) is 13.0 Å². The maximum Gasteiger partial charge on any atom is 0.337 e. The lowest BCUT2D eigenvalue weighted by Gasteiger charge is -2.32. The summed E-state index contributed by atoms with van der Waals surface area (Å²) < 4.78 is 5.68. The molecule has 0 aromatic heterocycles. The summed E-state index contributed by atoms with van der Waals surface area (Å²) in [5.74, 6) is -0.990. The van der Waals surface area contributed by atoms with Gasteiger partial charge in [-0.2, -0.15) is 0 Å².